The predicted octanol–water partition coefficient (Wildman–Crippen LogP) is 4.17. The molecule has 126 valence electrons. The third-order valence-electron chi connectivity index (χ3n) is 4.00. The lowest BCUT2D eigenvalue weighted by Crippen LogP contribution is -2.00. The third-order valence-corrected chi connectivity index (χ3v) is 4.00. The molecule has 1 aromatic heterocycles. The molecule has 0 saturated carbocycles. The fourth-order valence-corrected chi connectivity index (χ4v) is 2.82. The van der Waals surface area contributed by atoms with Crippen molar-refractivity contribution in [2.75, 3.05) is 12.0 Å². The number of H-pyrrole nitrogens is 1. The van der Waals surface area contributed by atoms with Gasteiger partial charge in [0.1, 0.15) is 12.4 Å². The van der Waals surface area contributed by atoms with E-state index in [9.17, 15) is 0 Å². The van der Waals surface area contributed by atoms with E-state index in [1.807, 2.05) is 60.7 Å². The first kappa shape index (κ1) is 15.7. The Balaban J connectivity index is 1.66. The fraction of sp³-hybridized carbons (Fsp3) is 0.0476. The largest absolute Gasteiger partial charge is 0.480 e. The number of para-hydroxylation sites is 2. The topological polar surface area (TPSA) is 62.3 Å². The molecule has 2 N–H and O–H groups in total. The first-order valence-electron chi connectivity index (χ1n) is 8.17. The summed E-state index contributed by atoms with van der Waals surface area (Å²) in [5, 5.41) is 6.47. The lowest BCUT2D eigenvalue weighted by atomic mass is 10.0. The number of hydrogen-bond acceptors (Lipinski definition) is 4. The van der Waals surface area contributed by atoms with Gasteiger partial charge >= 0.3 is 0 Å². The van der Waals surface area contributed by atoms with Crippen LogP contribution in [-0.4, -0.2) is 22.8 Å². The summed E-state index contributed by atoms with van der Waals surface area (Å²) < 4.78 is 5.67. The van der Waals surface area contributed by atoms with Crippen LogP contribution < -0.4 is 10.2 Å². The Morgan fingerprint density at radius 1 is 1.12 bits per heavy atom. The maximum atomic E-state index is 5.67. The molecule has 0 unspecified atom stereocenters. The number of aromatic amines is 1. The van der Waals surface area contributed by atoms with Crippen LogP contribution in [-0.2, 0) is 0 Å². The van der Waals surface area contributed by atoms with Gasteiger partial charge in [-0.1, -0.05) is 48.4 Å². The fourth-order valence-electron chi connectivity index (χ4n) is 2.82. The number of benzene rings is 3. The molecule has 3 aromatic carbocycles. The molecule has 5 heteroatoms. The molecule has 0 spiro atoms. The van der Waals surface area contributed by atoms with Crippen molar-refractivity contribution in [2.45, 2.75) is 0 Å². The van der Waals surface area contributed by atoms with Gasteiger partial charge < -0.3 is 9.72 Å². The minimum absolute atomic E-state index is 0.205. The van der Waals surface area contributed by atoms with Crippen molar-refractivity contribution in [2.24, 2.45) is 5.10 Å². The third kappa shape index (κ3) is 3.08. The van der Waals surface area contributed by atoms with Crippen LogP contribution in [0.1, 0.15) is 5.56 Å². The molecular weight excluding hydrogens is 324 g/mol. The molecule has 0 aliphatic rings. The highest BCUT2D eigenvalue weighted by Crippen LogP contribution is 2.26. The molecular formula is C21H16N4O. The van der Waals surface area contributed by atoms with Crippen LogP contribution in [0.15, 0.2) is 65.8 Å². The highest BCUT2D eigenvalue weighted by atomic mass is 16.5. The second kappa shape index (κ2) is 6.99. The molecule has 1 heterocycles. The number of fused-ring (bicyclic) bond motifs is 2. The summed E-state index contributed by atoms with van der Waals surface area (Å²) in [6.07, 6.45) is 7.04. The van der Waals surface area contributed by atoms with Crippen molar-refractivity contribution in [1.82, 2.24) is 9.97 Å². The van der Waals surface area contributed by atoms with Crippen LogP contribution in [0.25, 0.3) is 21.8 Å². The zero-order valence-corrected chi connectivity index (χ0v) is 13.9. The predicted molar refractivity (Wildman–Crippen MR) is 106 cm³/mol. The molecule has 0 fully saturated rings. The van der Waals surface area contributed by atoms with Crippen molar-refractivity contribution in [1.29, 1.82) is 0 Å². The van der Waals surface area contributed by atoms with Crippen LogP contribution in [0.5, 0.6) is 5.75 Å². The molecule has 0 radical (unpaired) electrons. The highest BCUT2D eigenvalue weighted by molar-refractivity contribution is 6.02. The van der Waals surface area contributed by atoms with Gasteiger partial charge in [-0.05, 0) is 29.0 Å². The number of imidazole rings is 1. The van der Waals surface area contributed by atoms with Crippen molar-refractivity contribution in [3.63, 3.8) is 0 Å². The minimum atomic E-state index is 0.205. The number of rotatable bonds is 5. The number of aromatic nitrogens is 2. The van der Waals surface area contributed by atoms with Gasteiger partial charge in [-0.15, -0.1) is 6.42 Å². The van der Waals surface area contributed by atoms with Crippen molar-refractivity contribution in [3.05, 3.63) is 66.2 Å². The second-order valence-electron chi connectivity index (χ2n) is 5.66. The van der Waals surface area contributed by atoms with Crippen molar-refractivity contribution in [3.8, 4) is 18.1 Å². The number of hydrogen-bond donors (Lipinski definition) is 2. The summed E-state index contributed by atoms with van der Waals surface area (Å²) in [6.45, 7) is 0.205. The number of terminal acetylenes is 1. The maximum Gasteiger partial charge on any atom is 0.222 e. The molecule has 0 aliphatic carbocycles. The van der Waals surface area contributed by atoms with E-state index >= 15 is 0 Å². The maximum absolute atomic E-state index is 5.67. The number of nitrogens with zero attached hydrogens (tertiary/aromatic N) is 2. The van der Waals surface area contributed by atoms with Gasteiger partial charge in [0.25, 0.3) is 0 Å². The van der Waals surface area contributed by atoms with E-state index in [0.29, 0.717) is 11.7 Å². The molecule has 5 nitrogen and oxygen atoms in total. The summed E-state index contributed by atoms with van der Waals surface area (Å²) in [5.41, 5.74) is 5.64. The van der Waals surface area contributed by atoms with Crippen LogP contribution in [0, 0.1) is 12.3 Å². The Labute approximate surface area is 150 Å². The Morgan fingerprint density at radius 2 is 1.96 bits per heavy atom. The highest BCUT2D eigenvalue weighted by Gasteiger charge is 2.07. The second-order valence-corrected chi connectivity index (χ2v) is 5.66. The van der Waals surface area contributed by atoms with E-state index in [4.69, 9.17) is 11.2 Å². The van der Waals surface area contributed by atoms with Gasteiger partial charge in [0.05, 0.1) is 17.2 Å². The Morgan fingerprint density at radius 3 is 2.85 bits per heavy atom. The smallest absolute Gasteiger partial charge is 0.222 e. The van der Waals surface area contributed by atoms with E-state index in [0.717, 1.165) is 27.4 Å². The van der Waals surface area contributed by atoms with Gasteiger partial charge in [0.15, 0.2) is 0 Å². The lowest BCUT2D eigenvalue weighted by molar-refractivity contribution is 0.370. The van der Waals surface area contributed by atoms with Gasteiger partial charge in [-0.2, -0.15) is 5.10 Å². The molecule has 4 aromatic rings. The molecule has 4 rings (SSSR count). The summed E-state index contributed by atoms with van der Waals surface area (Å²) in [7, 11) is 0. The average molecular weight is 340 g/mol. The summed E-state index contributed by atoms with van der Waals surface area (Å²) >= 11 is 0. The first-order chi connectivity index (χ1) is 12.8. The van der Waals surface area contributed by atoms with E-state index in [1.54, 1.807) is 6.21 Å². The zero-order chi connectivity index (χ0) is 17.8. The van der Waals surface area contributed by atoms with Gasteiger partial charge in [0.2, 0.25) is 5.95 Å². The van der Waals surface area contributed by atoms with Crippen LogP contribution >= 0.6 is 0 Å². The summed E-state index contributed by atoms with van der Waals surface area (Å²) in [6, 6.07) is 19.8. The quantitative estimate of drug-likeness (QED) is 0.325. The molecule has 0 bridgehead atoms. The number of anilines is 1. The van der Waals surface area contributed by atoms with Crippen LogP contribution in [0.2, 0.25) is 0 Å². The van der Waals surface area contributed by atoms with Gasteiger partial charge in [0, 0.05) is 5.56 Å². The van der Waals surface area contributed by atoms with Gasteiger partial charge in [-0.3, -0.25) is 0 Å². The summed E-state index contributed by atoms with van der Waals surface area (Å²) in [4.78, 5) is 7.61. The Kier molecular flexibility index (Phi) is 4.23. The number of ether oxygens (including phenoxy) is 1. The standard InChI is InChI=1S/C21H16N4O/c1-2-13-26-20-12-11-15-7-3-4-8-16(15)17(20)14-22-25-21-23-18-9-5-6-10-19(18)24-21/h1,3-12,14H,13H2,(H2,23,24,25)/b22-14-. The normalized spacial score (nSPS) is 11.0. The minimum Gasteiger partial charge on any atom is -0.480 e. The van der Waals surface area contributed by atoms with E-state index in [1.165, 1.54) is 0 Å². The monoisotopic (exact) mass is 340 g/mol. The van der Waals surface area contributed by atoms with Crippen LogP contribution in [0.3, 0.4) is 0 Å². The van der Waals surface area contributed by atoms with E-state index < -0.39 is 0 Å². The zero-order valence-electron chi connectivity index (χ0n) is 13.9. The van der Waals surface area contributed by atoms with Crippen molar-refractivity contribution < 1.29 is 4.74 Å². The molecule has 26 heavy (non-hydrogen) atoms. The summed E-state index contributed by atoms with van der Waals surface area (Å²) in [5.74, 6) is 3.76. The first-order valence-corrected chi connectivity index (χ1v) is 8.17. The molecule has 0 atom stereocenters. The SMILES string of the molecule is C#CCOc1ccc2ccccc2c1/C=N\Nc1nc2ccccc2[nH]1. The molecule has 0 amide bonds. The van der Waals surface area contributed by atoms with Crippen molar-refractivity contribution >= 4 is 34.0 Å². The lowest BCUT2D eigenvalue weighted by Gasteiger charge is -2.09. The van der Waals surface area contributed by atoms with Gasteiger partial charge in [-0.25, -0.2) is 10.4 Å². The Bertz CT molecular complexity index is 1100. The number of hydrazone groups is 1. The Hall–Kier alpha value is -3.78. The molecule has 0 aliphatic heterocycles. The number of nitrogens with one attached hydrogen (secondary N) is 2. The molecule has 0 saturated heterocycles. The van der Waals surface area contributed by atoms with Crippen LogP contribution in [0.4, 0.5) is 5.95 Å². The van der Waals surface area contributed by atoms with E-state index in [-0.39, 0.29) is 6.61 Å². The average Bonchev–Trinajstić information content (AvgIpc) is 3.10. The van der Waals surface area contributed by atoms with E-state index in [2.05, 4.69) is 26.4 Å².